The van der Waals surface area contributed by atoms with Crippen LogP contribution in [0, 0.1) is 11.8 Å². The van der Waals surface area contributed by atoms with E-state index in [0.717, 1.165) is 11.8 Å². The summed E-state index contributed by atoms with van der Waals surface area (Å²) in [5.41, 5.74) is 1.61. The second kappa shape index (κ2) is 3.94. The molecule has 0 nitrogen and oxygen atoms in total. The Hall–Kier alpha value is -0.260. The molecule has 0 saturated heterocycles. The summed E-state index contributed by atoms with van der Waals surface area (Å²) in [6.45, 7) is 6.81. The maximum Gasteiger partial charge on any atom is -0.0206 e. The third-order valence-electron chi connectivity index (χ3n) is 3.12. The molecule has 64 valence electrons. The van der Waals surface area contributed by atoms with Crippen LogP contribution in [-0.4, -0.2) is 0 Å². The molecule has 0 heteroatoms. The van der Waals surface area contributed by atoms with Gasteiger partial charge in [0.2, 0.25) is 0 Å². The normalized spacial score (nSPS) is 33.9. The fourth-order valence-electron chi connectivity index (χ4n) is 1.95. The van der Waals surface area contributed by atoms with Gasteiger partial charge >= 0.3 is 0 Å². The van der Waals surface area contributed by atoms with Crippen molar-refractivity contribution in [2.75, 3.05) is 0 Å². The number of hydrogen-bond acceptors (Lipinski definition) is 0. The van der Waals surface area contributed by atoms with Crippen LogP contribution in [0.15, 0.2) is 11.6 Å². The van der Waals surface area contributed by atoms with Gasteiger partial charge in [-0.05, 0) is 38.5 Å². The molecular formula is C11H20. The van der Waals surface area contributed by atoms with Gasteiger partial charge in [-0.25, -0.2) is 0 Å². The van der Waals surface area contributed by atoms with Gasteiger partial charge in [0.15, 0.2) is 0 Å². The van der Waals surface area contributed by atoms with Gasteiger partial charge in [0, 0.05) is 0 Å². The van der Waals surface area contributed by atoms with Gasteiger partial charge in [-0.15, -0.1) is 0 Å². The van der Waals surface area contributed by atoms with Crippen molar-refractivity contribution < 1.29 is 0 Å². The zero-order valence-corrected chi connectivity index (χ0v) is 8.06. The Kier molecular flexibility index (Phi) is 3.16. The molecule has 0 bridgehead atoms. The minimum absolute atomic E-state index is 0.913. The number of hydrogen-bond donors (Lipinski definition) is 0. The molecule has 1 saturated carbocycles. The third-order valence-corrected chi connectivity index (χ3v) is 3.12. The predicted octanol–water partition coefficient (Wildman–Crippen LogP) is 3.78. The zero-order valence-electron chi connectivity index (χ0n) is 8.06. The van der Waals surface area contributed by atoms with Crippen LogP contribution in [-0.2, 0) is 0 Å². The van der Waals surface area contributed by atoms with Crippen molar-refractivity contribution in [1.29, 1.82) is 0 Å². The smallest absolute Gasteiger partial charge is 0.0206 e. The number of allylic oxidation sites excluding steroid dienone is 2. The van der Waals surface area contributed by atoms with Gasteiger partial charge < -0.3 is 0 Å². The van der Waals surface area contributed by atoms with Gasteiger partial charge in [-0.1, -0.05) is 31.4 Å². The summed E-state index contributed by atoms with van der Waals surface area (Å²) in [6, 6.07) is 0. The van der Waals surface area contributed by atoms with Crippen molar-refractivity contribution in [3.63, 3.8) is 0 Å². The molecule has 0 aromatic carbocycles. The first kappa shape index (κ1) is 8.83. The highest BCUT2D eigenvalue weighted by Gasteiger charge is 2.18. The fraction of sp³-hybridized carbons (Fsp3) is 0.818. The van der Waals surface area contributed by atoms with Gasteiger partial charge in [0.1, 0.15) is 0 Å². The van der Waals surface area contributed by atoms with Gasteiger partial charge in [0.05, 0.1) is 0 Å². The number of rotatable bonds is 1. The Bertz CT molecular complexity index is 136. The maximum atomic E-state index is 2.38. The quantitative estimate of drug-likeness (QED) is 0.502. The Labute approximate surface area is 70.7 Å². The van der Waals surface area contributed by atoms with Crippen LogP contribution in [0.1, 0.15) is 46.5 Å². The van der Waals surface area contributed by atoms with E-state index in [1.165, 1.54) is 25.7 Å². The lowest BCUT2D eigenvalue weighted by Gasteiger charge is -2.26. The molecule has 0 spiro atoms. The lowest BCUT2D eigenvalue weighted by atomic mass is 9.79. The van der Waals surface area contributed by atoms with Crippen LogP contribution in [0.25, 0.3) is 0 Å². The third kappa shape index (κ3) is 2.36. The molecular weight excluding hydrogens is 132 g/mol. The van der Waals surface area contributed by atoms with E-state index in [0.29, 0.717) is 0 Å². The molecule has 1 aliphatic carbocycles. The van der Waals surface area contributed by atoms with Crippen molar-refractivity contribution >= 4 is 0 Å². The summed E-state index contributed by atoms with van der Waals surface area (Å²) in [4.78, 5) is 0. The van der Waals surface area contributed by atoms with E-state index in [9.17, 15) is 0 Å². The van der Waals surface area contributed by atoms with Gasteiger partial charge in [-0.3, -0.25) is 0 Å². The van der Waals surface area contributed by atoms with E-state index in [2.05, 4.69) is 26.8 Å². The van der Waals surface area contributed by atoms with Crippen molar-refractivity contribution in [3.8, 4) is 0 Å². The highest BCUT2D eigenvalue weighted by Crippen LogP contribution is 2.32. The monoisotopic (exact) mass is 152 g/mol. The largest absolute Gasteiger partial charge is 0.0885 e. The zero-order chi connectivity index (χ0) is 8.27. The van der Waals surface area contributed by atoms with E-state index in [4.69, 9.17) is 0 Å². The lowest BCUT2D eigenvalue weighted by Crippen LogP contribution is -2.12. The molecule has 0 aromatic rings. The molecule has 0 N–H and O–H groups in total. The van der Waals surface area contributed by atoms with Crippen LogP contribution in [0.3, 0.4) is 0 Å². The van der Waals surface area contributed by atoms with E-state index in [-0.39, 0.29) is 0 Å². The SMILES string of the molecule is C/C=C(\C)C1CCC(C)CC1. The summed E-state index contributed by atoms with van der Waals surface area (Å²) in [5.74, 6) is 1.90. The molecule has 0 aromatic heterocycles. The summed E-state index contributed by atoms with van der Waals surface area (Å²) < 4.78 is 0. The lowest BCUT2D eigenvalue weighted by molar-refractivity contribution is 0.320. The Balaban J connectivity index is 2.39. The van der Waals surface area contributed by atoms with Crippen LogP contribution >= 0.6 is 0 Å². The summed E-state index contributed by atoms with van der Waals surface area (Å²) in [6.07, 6.45) is 8.01. The predicted molar refractivity (Wildman–Crippen MR) is 50.6 cm³/mol. The summed E-state index contributed by atoms with van der Waals surface area (Å²) in [7, 11) is 0. The van der Waals surface area contributed by atoms with E-state index in [1.807, 2.05) is 0 Å². The molecule has 0 aliphatic heterocycles. The topological polar surface area (TPSA) is 0 Å². The maximum absolute atomic E-state index is 2.38. The summed E-state index contributed by atoms with van der Waals surface area (Å²) >= 11 is 0. The van der Waals surface area contributed by atoms with Crippen molar-refractivity contribution in [2.24, 2.45) is 11.8 Å². The highest BCUT2D eigenvalue weighted by molar-refractivity contribution is 5.02. The Morgan fingerprint density at radius 1 is 1.18 bits per heavy atom. The van der Waals surface area contributed by atoms with Crippen molar-refractivity contribution in [3.05, 3.63) is 11.6 Å². The van der Waals surface area contributed by atoms with Crippen LogP contribution in [0.4, 0.5) is 0 Å². The average Bonchev–Trinajstić information content (AvgIpc) is 2.05. The van der Waals surface area contributed by atoms with E-state index in [1.54, 1.807) is 5.57 Å². The minimum Gasteiger partial charge on any atom is -0.0885 e. The van der Waals surface area contributed by atoms with Crippen LogP contribution in [0.2, 0.25) is 0 Å². The molecule has 11 heavy (non-hydrogen) atoms. The van der Waals surface area contributed by atoms with Gasteiger partial charge in [0.25, 0.3) is 0 Å². The van der Waals surface area contributed by atoms with Crippen LogP contribution < -0.4 is 0 Å². The fourth-order valence-corrected chi connectivity index (χ4v) is 1.95. The first-order valence-corrected chi connectivity index (χ1v) is 4.87. The molecule has 1 aliphatic rings. The molecule has 1 rings (SSSR count). The second-order valence-corrected chi connectivity index (χ2v) is 3.99. The van der Waals surface area contributed by atoms with Crippen LogP contribution in [0.5, 0.6) is 0 Å². The Morgan fingerprint density at radius 2 is 1.73 bits per heavy atom. The molecule has 0 amide bonds. The Morgan fingerprint density at radius 3 is 2.18 bits per heavy atom. The van der Waals surface area contributed by atoms with Crippen molar-refractivity contribution in [2.45, 2.75) is 46.5 Å². The van der Waals surface area contributed by atoms with Gasteiger partial charge in [-0.2, -0.15) is 0 Å². The minimum atomic E-state index is 0.913. The second-order valence-electron chi connectivity index (χ2n) is 3.99. The highest BCUT2D eigenvalue weighted by atomic mass is 14.2. The molecule has 0 heterocycles. The molecule has 0 unspecified atom stereocenters. The van der Waals surface area contributed by atoms with E-state index >= 15 is 0 Å². The first-order valence-electron chi connectivity index (χ1n) is 4.87. The average molecular weight is 152 g/mol. The molecule has 1 fully saturated rings. The van der Waals surface area contributed by atoms with E-state index < -0.39 is 0 Å². The van der Waals surface area contributed by atoms with Crippen molar-refractivity contribution in [1.82, 2.24) is 0 Å². The molecule has 0 radical (unpaired) electrons. The first-order chi connectivity index (χ1) is 5.24. The summed E-state index contributed by atoms with van der Waals surface area (Å²) in [5, 5.41) is 0. The molecule has 0 atom stereocenters. The standard InChI is InChI=1S/C11H20/c1-4-10(3)11-7-5-9(2)6-8-11/h4,9,11H,5-8H2,1-3H3/b10-4+.